The Bertz CT molecular complexity index is 699. The van der Waals surface area contributed by atoms with Crippen LogP contribution in [0.4, 0.5) is 0 Å². The molecule has 0 N–H and O–H groups in total. The summed E-state index contributed by atoms with van der Waals surface area (Å²) in [5.74, 6) is 0. The smallest absolute Gasteiger partial charge is 0.211 e. The van der Waals surface area contributed by atoms with Gasteiger partial charge in [0.15, 0.2) is 0 Å². The van der Waals surface area contributed by atoms with Crippen LogP contribution in [-0.4, -0.2) is 15.8 Å². The minimum absolute atomic E-state index is 0.672. The van der Waals surface area contributed by atoms with Crippen molar-refractivity contribution in [2.45, 2.75) is 11.7 Å². The van der Waals surface area contributed by atoms with Crippen LogP contribution >= 0.6 is 11.3 Å². The van der Waals surface area contributed by atoms with Gasteiger partial charge in [0.25, 0.3) is 0 Å². The minimum atomic E-state index is -1.13. The SMILES string of the molecule is Cc1ncc(C(c2ccccc2)(c2ccccc2)[S+](C)[O-])s1. The largest absolute Gasteiger partial charge is 0.615 e. The van der Waals surface area contributed by atoms with E-state index in [1.54, 1.807) is 17.6 Å². The van der Waals surface area contributed by atoms with Crippen molar-refractivity contribution in [2.24, 2.45) is 0 Å². The van der Waals surface area contributed by atoms with E-state index >= 15 is 0 Å². The van der Waals surface area contributed by atoms with Gasteiger partial charge in [-0.2, -0.15) is 0 Å². The lowest BCUT2D eigenvalue weighted by Gasteiger charge is -2.33. The van der Waals surface area contributed by atoms with Crippen LogP contribution in [0.3, 0.4) is 0 Å². The van der Waals surface area contributed by atoms with Gasteiger partial charge in [0.1, 0.15) is 0 Å². The molecule has 3 aromatic rings. The lowest BCUT2D eigenvalue weighted by Crippen LogP contribution is -2.37. The van der Waals surface area contributed by atoms with Gasteiger partial charge >= 0.3 is 0 Å². The molecule has 1 heterocycles. The molecule has 0 bridgehead atoms. The van der Waals surface area contributed by atoms with E-state index in [1.807, 2.05) is 73.8 Å². The molecule has 0 aliphatic heterocycles. The molecule has 1 aromatic heterocycles. The Morgan fingerprint density at radius 1 is 0.955 bits per heavy atom. The van der Waals surface area contributed by atoms with Gasteiger partial charge in [0.05, 0.1) is 16.1 Å². The molecular weight excluding hydrogens is 310 g/mol. The maximum Gasteiger partial charge on any atom is 0.211 e. The van der Waals surface area contributed by atoms with E-state index < -0.39 is 15.9 Å². The number of aryl methyl sites for hydroxylation is 1. The highest BCUT2D eigenvalue weighted by Crippen LogP contribution is 2.45. The molecule has 0 aliphatic carbocycles. The van der Waals surface area contributed by atoms with Crippen molar-refractivity contribution < 1.29 is 4.55 Å². The summed E-state index contributed by atoms with van der Waals surface area (Å²) in [5.41, 5.74) is 2.07. The second-order valence-corrected chi connectivity index (χ2v) is 7.87. The highest BCUT2D eigenvalue weighted by molar-refractivity contribution is 7.92. The fourth-order valence-corrected chi connectivity index (χ4v) is 5.45. The molecule has 1 unspecified atom stereocenters. The average molecular weight is 327 g/mol. The summed E-state index contributed by atoms with van der Waals surface area (Å²) in [6.45, 7) is 1.98. The van der Waals surface area contributed by atoms with Crippen molar-refractivity contribution in [1.29, 1.82) is 0 Å². The molecule has 112 valence electrons. The van der Waals surface area contributed by atoms with E-state index in [9.17, 15) is 4.55 Å². The predicted molar refractivity (Wildman–Crippen MR) is 93.7 cm³/mol. The first-order valence-corrected chi connectivity index (χ1v) is 9.40. The summed E-state index contributed by atoms with van der Waals surface area (Å²) >= 11 is 0.477. The lowest BCUT2D eigenvalue weighted by molar-refractivity contribution is 0.579. The van der Waals surface area contributed by atoms with Gasteiger partial charge in [-0.05, 0) is 18.1 Å². The topological polar surface area (TPSA) is 36.0 Å². The molecule has 2 aromatic carbocycles. The standard InChI is InChI=1S/C18H17NOS2/c1-14-19-13-17(21-14)18(22(2)20,15-9-5-3-6-10-15)16-11-7-4-8-12-16/h3-13H,1-2H3. The van der Waals surface area contributed by atoms with Gasteiger partial charge in [-0.1, -0.05) is 60.7 Å². The number of thiazole rings is 1. The molecule has 1 atom stereocenters. The molecule has 0 spiro atoms. The van der Waals surface area contributed by atoms with Crippen LogP contribution in [-0.2, 0) is 15.9 Å². The molecule has 0 saturated heterocycles. The number of hydrogen-bond acceptors (Lipinski definition) is 3. The first kappa shape index (κ1) is 15.3. The second-order valence-electron chi connectivity index (χ2n) is 5.11. The Balaban J connectivity index is 2.34. The molecule has 22 heavy (non-hydrogen) atoms. The number of aromatic nitrogens is 1. The Labute approximate surface area is 138 Å². The lowest BCUT2D eigenvalue weighted by atomic mass is 9.89. The zero-order valence-corrected chi connectivity index (χ0v) is 14.2. The Morgan fingerprint density at radius 2 is 1.45 bits per heavy atom. The first-order valence-electron chi connectivity index (χ1n) is 7.03. The normalized spacial score (nSPS) is 13.0. The quantitative estimate of drug-likeness (QED) is 0.676. The Kier molecular flexibility index (Phi) is 4.34. The van der Waals surface area contributed by atoms with E-state index in [4.69, 9.17) is 0 Å². The molecule has 0 saturated carbocycles. The van der Waals surface area contributed by atoms with Crippen LogP contribution in [0, 0.1) is 6.92 Å². The number of hydrogen-bond donors (Lipinski definition) is 0. The summed E-state index contributed by atoms with van der Waals surface area (Å²) in [7, 11) is 0. The minimum Gasteiger partial charge on any atom is -0.615 e. The Hall–Kier alpha value is -1.62. The highest BCUT2D eigenvalue weighted by atomic mass is 32.2. The monoisotopic (exact) mass is 327 g/mol. The van der Waals surface area contributed by atoms with Crippen molar-refractivity contribution in [3.05, 3.63) is 87.9 Å². The van der Waals surface area contributed by atoms with Crippen molar-refractivity contribution in [3.8, 4) is 0 Å². The van der Waals surface area contributed by atoms with Crippen LogP contribution < -0.4 is 0 Å². The molecule has 0 fully saturated rings. The first-order chi connectivity index (χ1) is 10.7. The Morgan fingerprint density at radius 3 is 1.82 bits per heavy atom. The third-order valence-electron chi connectivity index (χ3n) is 3.76. The summed E-state index contributed by atoms with van der Waals surface area (Å²) in [5, 5.41) is 0.983. The average Bonchev–Trinajstić information content (AvgIpc) is 2.97. The zero-order valence-electron chi connectivity index (χ0n) is 12.5. The van der Waals surface area contributed by atoms with Gasteiger partial charge in [0.2, 0.25) is 4.75 Å². The molecule has 0 radical (unpaired) electrons. The van der Waals surface area contributed by atoms with Crippen LogP contribution in [0.15, 0.2) is 66.9 Å². The molecular formula is C18H17NOS2. The summed E-state index contributed by atoms with van der Waals surface area (Å²) < 4.78 is 12.3. The van der Waals surface area contributed by atoms with E-state index in [0.717, 1.165) is 21.0 Å². The second kappa shape index (κ2) is 6.24. The predicted octanol–water partition coefficient (Wildman–Crippen LogP) is 4.12. The fourth-order valence-electron chi connectivity index (χ4n) is 2.79. The van der Waals surface area contributed by atoms with Gasteiger partial charge in [0, 0.05) is 17.3 Å². The number of nitrogens with zero attached hydrogens (tertiary/aromatic N) is 1. The molecule has 2 nitrogen and oxygen atoms in total. The maximum absolute atomic E-state index is 13.0. The van der Waals surface area contributed by atoms with Gasteiger partial charge < -0.3 is 4.55 Å². The van der Waals surface area contributed by atoms with Crippen LogP contribution in [0.25, 0.3) is 0 Å². The summed E-state index contributed by atoms with van der Waals surface area (Å²) in [4.78, 5) is 5.42. The third kappa shape index (κ3) is 2.47. The van der Waals surface area contributed by atoms with Crippen LogP contribution in [0.5, 0.6) is 0 Å². The van der Waals surface area contributed by atoms with Gasteiger partial charge in [-0.25, -0.2) is 4.98 Å². The van der Waals surface area contributed by atoms with Gasteiger partial charge in [-0.3, -0.25) is 0 Å². The number of rotatable bonds is 4. The van der Waals surface area contributed by atoms with E-state index in [0.29, 0.717) is 0 Å². The van der Waals surface area contributed by atoms with Crippen molar-refractivity contribution in [2.75, 3.05) is 6.26 Å². The van der Waals surface area contributed by atoms with Crippen LogP contribution in [0.1, 0.15) is 21.0 Å². The maximum atomic E-state index is 13.0. The van der Waals surface area contributed by atoms with Crippen molar-refractivity contribution in [3.63, 3.8) is 0 Å². The van der Waals surface area contributed by atoms with Crippen LogP contribution in [0.2, 0.25) is 0 Å². The van der Waals surface area contributed by atoms with Gasteiger partial charge in [-0.15, -0.1) is 11.3 Å². The molecule has 3 rings (SSSR count). The fraction of sp³-hybridized carbons (Fsp3) is 0.167. The van der Waals surface area contributed by atoms with Crippen molar-refractivity contribution in [1.82, 2.24) is 4.98 Å². The third-order valence-corrected chi connectivity index (χ3v) is 6.48. The zero-order chi connectivity index (χ0) is 15.6. The highest BCUT2D eigenvalue weighted by Gasteiger charge is 2.47. The molecule has 0 aliphatic rings. The number of benzene rings is 2. The summed E-state index contributed by atoms with van der Waals surface area (Å²) in [6.07, 6.45) is 3.64. The molecule has 0 amide bonds. The summed E-state index contributed by atoms with van der Waals surface area (Å²) in [6, 6.07) is 20.1. The van der Waals surface area contributed by atoms with E-state index in [-0.39, 0.29) is 0 Å². The van der Waals surface area contributed by atoms with E-state index in [1.165, 1.54) is 0 Å². The molecule has 4 heteroatoms. The van der Waals surface area contributed by atoms with E-state index in [2.05, 4.69) is 4.98 Å². The van der Waals surface area contributed by atoms with Crippen molar-refractivity contribution >= 4 is 22.5 Å².